The Hall–Kier alpha value is -1.59. The predicted octanol–water partition coefficient (Wildman–Crippen LogP) is 1.78. The molecule has 0 saturated heterocycles. The van der Waals surface area contributed by atoms with Crippen LogP contribution in [0.15, 0.2) is 0 Å². The molecule has 1 aliphatic rings. The maximum absolute atomic E-state index is 12.4. The number of carboxylic acids is 1. The van der Waals surface area contributed by atoms with Crippen molar-refractivity contribution in [2.45, 2.75) is 64.8 Å². The lowest BCUT2D eigenvalue weighted by Gasteiger charge is -2.28. The zero-order valence-electron chi connectivity index (χ0n) is 13.6. The number of aliphatic carboxylic acids is 1. The van der Waals surface area contributed by atoms with Gasteiger partial charge in [0.15, 0.2) is 0 Å². The van der Waals surface area contributed by atoms with Crippen LogP contribution in [-0.4, -0.2) is 46.9 Å². The normalized spacial score (nSPS) is 16.8. The molecule has 0 aromatic carbocycles. The topological polar surface area (TPSA) is 86.7 Å². The third-order valence-electron chi connectivity index (χ3n) is 4.36. The van der Waals surface area contributed by atoms with Gasteiger partial charge in [-0.15, -0.1) is 0 Å². The molecule has 2 amide bonds. The van der Waals surface area contributed by atoms with Crippen molar-refractivity contribution in [1.82, 2.24) is 10.2 Å². The Morgan fingerprint density at radius 1 is 1.23 bits per heavy atom. The first-order chi connectivity index (χ1) is 10.4. The fourth-order valence-electron chi connectivity index (χ4n) is 2.97. The summed E-state index contributed by atoms with van der Waals surface area (Å²) in [7, 11) is 0. The van der Waals surface area contributed by atoms with Crippen LogP contribution in [0.4, 0.5) is 0 Å². The van der Waals surface area contributed by atoms with Crippen molar-refractivity contribution in [2.24, 2.45) is 5.92 Å². The summed E-state index contributed by atoms with van der Waals surface area (Å²) in [6.45, 7) is 3.42. The van der Waals surface area contributed by atoms with Gasteiger partial charge in [-0.25, -0.2) is 4.79 Å². The van der Waals surface area contributed by atoms with Crippen LogP contribution >= 0.6 is 0 Å². The molecule has 1 aliphatic carbocycles. The standard InChI is InChI=1S/C16H28N2O4/c1-12(16(21)22)18(11-10-17-13(2)19)15(20)9-8-14-6-4-3-5-7-14/h12,14H,3-11H2,1-2H3,(H,17,19)(H,21,22). The smallest absolute Gasteiger partial charge is 0.326 e. The van der Waals surface area contributed by atoms with E-state index >= 15 is 0 Å². The maximum atomic E-state index is 12.4. The van der Waals surface area contributed by atoms with Crippen molar-refractivity contribution in [3.05, 3.63) is 0 Å². The lowest BCUT2D eigenvalue weighted by Crippen LogP contribution is -2.46. The SMILES string of the molecule is CC(=O)NCCN(C(=O)CCC1CCCCC1)C(C)C(=O)O. The first kappa shape index (κ1) is 18.5. The fourth-order valence-corrected chi connectivity index (χ4v) is 2.97. The minimum absolute atomic E-state index is 0.133. The lowest BCUT2D eigenvalue weighted by atomic mass is 9.86. The average Bonchev–Trinajstić information content (AvgIpc) is 2.49. The molecule has 0 aliphatic heterocycles. The Morgan fingerprint density at radius 3 is 2.41 bits per heavy atom. The van der Waals surface area contributed by atoms with Crippen LogP contribution in [-0.2, 0) is 14.4 Å². The largest absolute Gasteiger partial charge is 0.480 e. The summed E-state index contributed by atoms with van der Waals surface area (Å²) in [6.07, 6.45) is 7.32. The molecule has 0 heterocycles. The molecular weight excluding hydrogens is 284 g/mol. The van der Waals surface area contributed by atoms with Crippen LogP contribution in [0.1, 0.15) is 58.8 Å². The number of rotatable bonds is 8. The molecule has 0 bridgehead atoms. The summed E-state index contributed by atoms with van der Waals surface area (Å²) >= 11 is 0. The third kappa shape index (κ3) is 6.45. The fraction of sp³-hybridized carbons (Fsp3) is 0.812. The van der Waals surface area contributed by atoms with Crippen molar-refractivity contribution >= 4 is 17.8 Å². The highest BCUT2D eigenvalue weighted by molar-refractivity contribution is 5.83. The Kier molecular flexibility index (Phi) is 7.91. The molecule has 22 heavy (non-hydrogen) atoms. The number of nitrogens with zero attached hydrogens (tertiary/aromatic N) is 1. The van der Waals surface area contributed by atoms with Gasteiger partial charge >= 0.3 is 5.97 Å². The summed E-state index contributed by atoms with van der Waals surface area (Å²) < 4.78 is 0. The first-order valence-electron chi connectivity index (χ1n) is 8.18. The monoisotopic (exact) mass is 312 g/mol. The van der Waals surface area contributed by atoms with Crippen LogP contribution in [0.5, 0.6) is 0 Å². The molecule has 1 unspecified atom stereocenters. The van der Waals surface area contributed by atoms with E-state index in [0.29, 0.717) is 12.3 Å². The second-order valence-electron chi connectivity index (χ2n) is 6.13. The van der Waals surface area contributed by atoms with E-state index in [1.165, 1.54) is 50.9 Å². The number of hydrogen-bond acceptors (Lipinski definition) is 3. The highest BCUT2D eigenvalue weighted by Gasteiger charge is 2.26. The average molecular weight is 312 g/mol. The summed E-state index contributed by atoms with van der Waals surface area (Å²) in [5.41, 5.74) is 0. The van der Waals surface area contributed by atoms with Crippen LogP contribution in [0.2, 0.25) is 0 Å². The van der Waals surface area contributed by atoms with Gasteiger partial charge in [-0.1, -0.05) is 32.1 Å². The molecule has 1 atom stereocenters. The van der Waals surface area contributed by atoms with Gasteiger partial charge in [0.25, 0.3) is 0 Å². The van der Waals surface area contributed by atoms with Crippen LogP contribution < -0.4 is 5.32 Å². The number of carbonyl (C=O) groups is 3. The van der Waals surface area contributed by atoms with Gasteiger partial charge in [-0.3, -0.25) is 9.59 Å². The number of carbonyl (C=O) groups excluding carboxylic acids is 2. The van der Waals surface area contributed by atoms with Gasteiger partial charge in [0, 0.05) is 26.4 Å². The van der Waals surface area contributed by atoms with E-state index < -0.39 is 12.0 Å². The Balaban J connectivity index is 2.50. The van der Waals surface area contributed by atoms with Gasteiger partial charge in [-0.05, 0) is 19.3 Å². The van der Waals surface area contributed by atoms with Gasteiger partial charge in [0.1, 0.15) is 6.04 Å². The summed E-state index contributed by atoms with van der Waals surface area (Å²) in [5, 5.41) is 11.7. The Labute approximate surface area is 132 Å². The second-order valence-corrected chi connectivity index (χ2v) is 6.13. The highest BCUT2D eigenvalue weighted by Crippen LogP contribution is 2.27. The zero-order chi connectivity index (χ0) is 16.5. The molecule has 0 radical (unpaired) electrons. The van der Waals surface area contributed by atoms with Crippen molar-refractivity contribution in [3.8, 4) is 0 Å². The van der Waals surface area contributed by atoms with E-state index in [0.717, 1.165) is 6.42 Å². The van der Waals surface area contributed by atoms with Crippen LogP contribution in [0.3, 0.4) is 0 Å². The quantitative estimate of drug-likeness (QED) is 0.715. The van der Waals surface area contributed by atoms with Gasteiger partial charge in [0.2, 0.25) is 11.8 Å². The van der Waals surface area contributed by atoms with Crippen molar-refractivity contribution in [2.75, 3.05) is 13.1 Å². The Bertz CT molecular complexity index is 392. The third-order valence-corrected chi connectivity index (χ3v) is 4.36. The van der Waals surface area contributed by atoms with Gasteiger partial charge < -0.3 is 15.3 Å². The van der Waals surface area contributed by atoms with Crippen molar-refractivity contribution in [3.63, 3.8) is 0 Å². The molecule has 1 fully saturated rings. The molecule has 6 heteroatoms. The molecule has 0 aromatic rings. The van der Waals surface area contributed by atoms with Crippen LogP contribution in [0.25, 0.3) is 0 Å². The van der Waals surface area contributed by atoms with E-state index in [1.54, 1.807) is 0 Å². The van der Waals surface area contributed by atoms with Gasteiger partial charge in [-0.2, -0.15) is 0 Å². The predicted molar refractivity (Wildman–Crippen MR) is 83.3 cm³/mol. The van der Waals surface area contributed by atoms with Crippen molar-refractivity contribution < 1.29 is 19.5 Å². The van der Waals surface area contributed by atoms with Gasteiger partial charge in [0.05, 0.1) is 0 Å². The second kappa shape index (κ2) is 9.43. The summed E-state index contributed by atoms with van der Waals surface area (Å²) in [6, 6.07) is -0.868. The molecule has 6 nitrogen and oxygen atoms in total. The number of carboxylic acid groups (broad SMARTS) is 1. The van der Waals surface area contributed by atoms with E-state index in [9.17, 15) is 14.4 Å². The number of nitrogens with one attached hydrogen (secondary N) is 1. The minimum atomic E-state index is -1.02. The highest BCUT2D eigenvalue weighted by atomic mass is 16.4. The molecule has 2 N–H and O–H groups in total. The number of hydrogen-bond donors (Lipinski definition) is 2. The van der Waals surface area contributed by atoms with E-state index in [1.807, 2.05) is 0 Å². The van der Waals surface area contributed by atoms with E-state index in [2.05, 4.69) is 5.32 Å². The molecular formula is C16H28N2O4. The zero-order valence-corrected chi connectivity index (χ0v) is 13.6. The first-order valence-corrected chi connectivity index (χ1v) is 8.18. The molecule has 126 valence electrons. The minimum Gasteiger partial charge on any atom is -0.480 e. The Morgan fingerprint density at radius 2 is 1.86 bits per heavy atom. The summed E-state index contributed by atoms with van der Waals surface area (Å²) in [5.74, 6) is -0.743. The maximum Gasteiger partial charge on any atom is 0.326 e. The molecule has 1 saturated carbocycles. The molecule has 0 spiro atoms. The summed E-state index contributed by atoms with van der Waals surface area (Å²) in [4.78, 5) is 35.8. The van der Waals surface area contributed by atoms with Crippen molar-refractivity contribution in [1.29, 1.82) is 0 Å². The molecule has 1 rings (SSSR count). The molecule has 0 aromatic heterocycles. The van der Waals surface area contributed by atoms with E-state index in [4.69, 9.17) is 5.11 Å². The lowest BCUT2D eigenvalue weighted by molar-refractivity contribution is -0.149. The van der Waals surface area contributed by atoms with Crippen LogP contribution in [0, 0.1) is 5.92 Å². The van der Waals surface area contributed by atoms with E-state index in [-0.39, 0.29) is 24.9 Å². The number of amides is 2.